The summed E-state index contributed by atoms with van der Waals surface area (Å²) in [5.74, 6) is -4.47. The summed E-state index contributed by atoms with van der Waals surface area (Å²) in [4.78, 5) is 60.1. The van der Waals surface area contributed by atoms with Gasteiger partial charge in [-0.3, -0.25) is 9.59 Å². The monoisotopic (exact) mass is 548 g/mol. The Balaban J connectivity index is 1.38. The minimum Gasteiger partial charge on any atom is -0.478 e. The van der Waals surface area contributed by atoms with E-state index in [4.69, 9.17) is 0 Å². The van der Waals surface area contributed by atoms with Crippen molar-refractivity contribution in [2.45, 2.75) is 0 Å². The molecule has 10 heteroatoms. The smallest absolute Gasteiger partial charge is 0.335 e. The van der Waals surface area contributed by atoms with Crippen molar-refractivity contribution in [1.82, 2.24) is 0 Å². The van der Waals surface area contributed by atoms with Gasteiger partial charge in [0.2, 0.25) is 0 Å². The number of benzene rings is 5. The summed E-state index contributed by atoms with van der Waals surface area (Å²) in [5, 5.41) is 35.8. The molecule has 0 aromatic heterocycles. The van der Waals surface area contributed by atoms with Crippen LogP contribution in [0.3, 0.4) is 0 Å². The van der Waals surface area contributed by atoms with Crippen LogP contribution in [0.15, 0.2) is 91.0 Å². The highest BCUT2D eigenvalue weighted by atomic mass is 16.4. The van der Waals surface area contributed by atoms with Gasteiger partial charge in [0.1, 0.15) is 0 Å². The third kappa shape index (κ3) is 5.71. The van der Waals surface area contributed by atoms with E-state index in [1.54, 1.807) is 36.4 Å². The van der Waals surface area contributed by atoms with Gasteiger partial charge in [0.15, 0.2) is 0 Å². The molecule has 0 fully saturated rings. The molecule has 0 saturated carbocycles. The zero-order chi connectivity index (χ0) is 29.3. The predicted octanol–water partition coefficient (Wildman–Crippen LogP) is 5.59. The molecule has 2 amide bonds. The summed E-state index contributed by atoms with van der Waals surface area (Å²) < 4.78 is 0. The van der Waals surface area contributed by atoms with Crippen molar-refractivity contribution in [2.75, 3.05) is 10.6 Å². The van der Waals surface area contributed by atoms with E-state index in [9.17, 15) is 39.3 Å². The van der Waals surface area contributed by atoms with Crippen molar-refractivity contribution >= 4 is 62.6 Å². The van der Waals surface area contributed by atoms with Crippen molar-refractivity contribution < 1.29 is 39.3 Å². The zero-order valence-corrected chi connectivity index (χ0v) is 21.0. The van der Waals surface area contributed by atoms with Crippen molar-refractivity contribution in [2.24, 2.45) is 0 Å². The topological polar surface area (TPSA) is 170 Å². The number of aromatic carboxylic acids is 3. The number of carboxylic acid groups (broad SMARTS) is 3. The van der Waals surface area contributed by atoms with Crippen LogP contribution >= 0.6 is 0 Å². The summed E-state index contributed by atoms with van der Waals surface area (Å²) in [5.41, 5.74) is 0.842. The molecule has 0 aliphatic carbocycles. The normalized spacial score (nSPS) is 10.7. The lowest BCUT2D eigenvalue weighted by Gasteiger charge is -2.12. The van der Waals surface area contributed by atoms with Crippen LogP contribution in [-0.4, -0.2) is 45.0 Å². The Morgan fingerprint density at radius 2 is 0.707 bits per heavy atom. The van der Waals surface area contributed by atoms with Crippen LogP contribution in [0.1, 0.15) is 51.8 Å². The largest absolute Gasteiger partial charge is 0.478 e. The molecule has 5 N–H and O–H groups in total. The summed E-state index contributed by atoms with van der Waals surface area (Å²) in [6.45, 7) is 0. The van der Waals surface area contributed by atoms with Crippen LogP contribution < -0.4 is 10.6 Å². The molecule has 0 atom stereocenters. The van der Waals surface area contributed by atoms with Crippen LogP contribution in [0, 0.1) is 0 Å². The number of hydrogen-bond acceptors (Lipinski definition) is 5. The van der Waals surface area contributed by atoms with E-state index in [0.717, 1.165) is 0 Å². The average Bonchev–Trinajstić information content (AvgIpc) is 2.95. The van der Waals surface area contributed by atoms with E-state index in [1.165, 1.54) is 54.6 Å². The minimum absolute atomic E-state index is 0.116. The second-order valence-electron chi connectivity index (χ2n) is 9.18. The predicted molar refractivity (Wildman–Crippen MR) is 151 cm³/mol. The molecule has 0 saturated heterocycles. The summed E-state index contributed by atoms with van der Waals surface area (Å²) in [6, 6.07) is 22.4. The molecule has 0 spiro atoms. The molecule has 10 nitrogen and oxygen atoms in total. The van der Waals surface area contributed by atoms with E-state index >= 15 is 0 Å². The Morgan fingerprint density at radius 1 is 0.390 bits per heavy atom. The quantitative estimate of drug-likeness (QED) is 0.175. The second-order valence-corrected chi connectivity index (χ2v) is 9.18. The number of rotatable bonds is 7. The van der Waals surface area contributed by atoms with Crippen LogP contribution in [-0.2, 0) is 0 Å². The number of anilines is 2. The van der Waals surface area contributed by atoms with Crippen LogP contribution in [0.25, 0.3) is 21.5 Å². The highest BCUT2D eigenvalue weighted by Gasteiger charge is 2.15. The van der Waals surface area contributed by atoms with Gasteiger partial charge in [-0.15, -0.1) is 0 Å². The number of fused-ring (bicyclic) bond motifs is 2. The van der Waals surface area contributed by atoms with Gasteiger partial charge in [-0.1, -0.05) is 24.3 Å². The molecule has 0 unspecified atom stereocenters. The van der Waals surface area contributed by atoms with Crippen LogP contribution in [0.2, 0.25) is 0 Å². The van der Waals surface area contributed by atoms with Crippen molar-refractivity contribution in [1.29, 1.82) is 0 Å². The molecule has 5 aromatic carbocycles. The van der Waals surface area contributed by atoms with Gasteiger partial charge in [0, 0.05) is 22.5 Å². The van der Waals surface area contributed by atoms with Gasteiger partial charge in [0.05, 0.1) is 16.7 Å². The maximum atomic E-state index is 13.0. The standard InChI is InChI=1S/C31H20N2O8/c34-27(20-5-1-18-11-22(29(36)37)7-3-16(18)9-20)32-25-13-24(31(40)41)14-26(15-25)33-28(35)21-6-2-19-12-23(30(38)39)8-4-17(19)10-21/h1-15H,(H,32,34)(H,33,35)(H,36,37)(H,38,39)(H,40,41). The molecule has 0 radical (unpaired) electrons. The third-order valence-corrected chi connectivity index (χ3v) is 6.39. The second kappa shape index (κ2) is 10.6. The van der Waals surface area contributed by atoms with Gasteiger partial charge in [-0.2, -0.15) is 0 Å². The summed E-state index contributed by atoms with van der Waals surface area (Å²) in [6.07, 6.45) is 0. The van der Waals surface area contributed by atoms with Gasteiger partial charge >= 0.3 is 17.9 Å². The highest BCUT2D eigenvalue weighted by molar-refractivity contribution is 6.10. The molecule has 202 valence electrons. The maximum absolute atomic E-state index is 13.0. The van der Waals surface area contributed by atoms with Gasteiger partial charge < -0.3 is 26.0 Å². The molecule has 5 aromatic rings. The fraction of sp³-hybridized carbons (Fsp3) is 0. The number of carbonyl (C=O) groups excluding carboxylic acids is 2. The van der Waals surface area contributed by atoms with E-state index in [0.29, 0.717) is 21.5 Å². The fourth-order valence-electron chi connectivity index (χ4n) is 4.34. The average molecular weight is 549 g/mol. The van der Waals surface area contributed by atoms with E-state index in [1.807, 2.05) is 0 Å². The summed E-state index contributed by atoms with van der Waals surface area (Å²) >= 11 is 0. The SMILES string of the molecule is O=C(O)c1cc(NC(=O)c2ccc3cc(C(=O)O)ccc3c2)cc(NC(=O)c2ccc3cc(C(=O)O)ccc3c2)c1. The molecular weight excluding hydrogens is 528 g/mol. The lowest BCUT2D eigenvalue weighted by Crippen LogP contribution is -2.15. The number of nitrogens with one attached hydrogen (secondary N) is 2. The molecular formula is C31H20N2O8. The molecule has 0 heterocycles. The number of hydrogen-bond donors (Lipinski definition) is 5. The maximum Gasteiger partial charge on any atom is 0.335 e. The lowest BCUT2D eigenvalue weighted by molar-refractivity contribution is 0.0686. The molecule has 5 rings (SSSR count). The Kier molecular flexibility index (Phi) is 6.88. The van der Waals surface area contributed by atoms with Crippen molar-refractivity contribution in [3.05, 3.63) is 119 Å². The van der Waals surface area contributed by atoms with Crippen molar-refractivity contribution in [3.8, 4) is 0 Å². The molecule has 41 heavy (non-hydrogen) atoms. The minimum atomic E-state index is -1.27. The molecule has 0 aliphatic heterocycles. The first-order valence-corrected chi connectivity index (χ1v) is 12.1. The van der Waals surface area contributed by atoms with E-state index < -0.39 is 29.7 Å². The third-order valence-electron chi connectivity index (χ3n) is 6.39. The first-order valence-electron chi connectivity index (χ1n) is 12.1. The summed E-state index contributed by atoms with van der Waals surface area (Å²) in [7, 11) is 0. The van der Waals surface area contributed by atoms with Gasteiger partial charge in [0.25, 0.3) is 11.8 Å². The van der Waals surface area contributed by atoms with Crippen molar-refractivity contribution in [3.63, 3.8) is 0 Å². The lowest BCUT2D eigenvalue weighted by atomic mass is 10.0. The Hall–Kier alpha value is -6.03. The van der Waals surface area contributed by atoms with Gasteiger partial charge in [-0.05, 0) is 88.3 Å². The number of amides is 2. The number of carboxylic acids is 3. The fourth-order valence-corrected chi connectivity index (χ4v) is 4.34. The zero-order valence-electron chi connectivity index (χ0n) is 21.0. The van der Waals surface area contributed by atoms with Crippen LogP contribution in [0.5, 0.6) is 0 Å². The Labute approximate surface area is 231 Å². The molecule has 0 bridgehead atoms. The van der Waals surface area contributed by atoms with Crippen LogP contribution in [0.4, 0.5) is 11.4 Å². The number of carbonyl (C=O) groups is 5. The Bertz CT molecular complexity index is 1800. The molecule has 0 aliphatic rings. The highest BCUT2D eigenvalue weighted by Crippen LogP contribution is 2.24. The first kappa shape index (κ1) is 26.6. The Morgan fingerprint density at radius 3 is 1.05 bits per heavy atom. The van der Waals surface area contributed by atoms with E-state index in [2.05, 4.69) is 10.6 Å². The first-order chi connectivity index (χ1) is 19.6. The van der Waals surface area contributed by atoms with Gasteiger partial charge in [-0.25, -0.2) is 14.4 Å². The van der Waals surface area contributed by atoms with E-state index in [-0.39, 0.29) is 39.2 Å².